The predicted octanol–water partition coefficient (Wildman–Crippen LogP) is 1.86. The molecule has 0 radical (unpaired) electrons. The van der Waals surface area contributed by atoms with Gasteiger partial charge in [-0.15, -0.1) is 10.2 Å². The molecule has 0 spiro atoms. The molecule has 2 heterocycles. The third-order valence-corrected chi connectivity index (χ3v) is 4.94. The second-order valence-corrected chi connectivity index (χ2v) is 6.54. The number of hydrogen-bond donors (Lipinski definition) is 2. The number of carbonyl (C=O) groups excluding carboxylic acids is 1. The largest absolute Gasteiger partial charge is 0.377 e. The number of hydrogen-bond acceptors (Lipinski definition) is 5. The summed E-state index contributed by atoms with van der Waals surface area (Å²) in [5.41, 5.74) is 2.97. The van der Waals surface area contributed by atoms with Gasteiger partial charge in [-0.1, -0.05) is 18.2 Å². The maximum Gasteiger partial charge on any atom is 0.262 e. The summed E-state index contributed by atoms with van der Waals surface area (Å²) in [6.45, 7) is 2.29. The van der Waals surface area contributed by atoms with Crippen molar-refractivity contribution < 1.29 is 4.79 Å². The van der Waals surface area contributed by atoms with E-state index in [-0.39, 0.29) is 11.5 Å². The summed E-state index contributed by atoms with van der Waals surface area (Å²) in [7, 11) is 3.30. The number of benzene rings is 2. The fraction of sp³-hybridized carbons (Fsp3) is 0.200. The van der Waals surface area contributed by atoms with Gasteiger partial charge in [0.15, 0.2) is 5.82 Å². The highest BCUT2D eigenvalue weighted by molar-refractivity contribution is 5.96. The Kier molecular flexibility index (Phi) is 4.31. The Balaban J connectivity index is 1.77. The highest BCUT2D eigenvalue weighted by Gasteiger charge is 2.15. The minimum Gasteiger partial charge on any atom is -0.377 e. The number of para-hydroxylation sites is 1. The standard InChI is InChI=1S/C20H20N6O2/c1-12-13(18(27)21-2)8-6-9-15(12)22-11-17-23-24-20-25(3)19(28)14-7-4-5-10-16(14)26(17)20/h4-10,22H,11H2,1-3H3,(H,21,27). The fourth-order valence-corrected chi connectivity index (χ4v) is 3.39. The average molecular weight is 376 g/mol. The number of aryl methyl sites for hydroxylation is 1. The number of anilines is 1. The van der Waals surface area contributed by atoms with Crippen molar-refractivity contribution in [3.63, 3.8) is 0 Å². The van der Waals surface area contributed by atoms with Gasteiger partial charge in [0, 0.05) is 25.3 Å². The molecular weight excluding hydrogens is 356 g/mol. The number of nitrogens with zero attached hydrogens (tertiary/aromatic N) is 4. The Bertz CT molecular complexity index is 1270. The van der Waals surface area contributed by atoms with E-state index in [1.54, 1.807) is 26.2 Å². The van der Waals surface area contributed by atoms with E-state index in [0.717, 1.165) is 16.8 Å². The SMILES string of the molecule is CNC(=O)c1cccc(NCc2nnc3n(C)c(=O)c4ccccc4n23)c1C. The lowest BCUT2D eigenvalue weighted by atomic mass is 10.1. The smallest absolute Gasteiger partial charge is 0.262 e. The van der Waals surface area contributed by atoms with Gasteiger partial charge in [0.25, 0.3) is 11.5 Å². The Morgan fingerprint density at radius 3 is 2.68 bits per heavy atom. The Labute approximate surface area is 160 Å². The lowest BCUT2D eigenvalue weighted by Gasteiger charge is -2.13. The first kappa shape index (κ1) is 17.7. The van der Waals surface area contributed by atoms with Gasteiger partial charge >= 0.3 is 0 Å². The van der Waals surface area contributed by atoms with Gasteiger partial charge in [0.2, 0.25) is 5.78 Å². The molecule has 142 valence electrons. The van der Waals surface area contributed by atoms with Crippen LogP contribution in [0.5, 0.6) is 0 Å². The van der Waals surface area contributed by atoms with Gasteiger partial charge < -0.3 is 10.6 Å². The molecule has 0 fully saturated rings. The Morgan fingerprint density at radius 1 is 1.11 bits per heavy atom. The van der Waals surface area contributed by atoms with Crippen LogP contribution in [0.25, 0.3) is 16.7 Å². The molecule has 2 N–H and O–H groups in total. The third kappa shape index (κ3) is 2.70. The van der Waals surface area contributed by atoms with Gasteiger partial charge in [-0.05, 0) is 36.8 Å². The maximum absolute atomic E-state index is 12.5. The van der Waals surface area contributed by atoms with E-state index < -0.39 is 0 Å². The van der Waals surface area contributed by atoms with Gasteiger partial charge in [-0.2, -0.15) is 0 Å². The molecule has 0 unspecified atom stereocenters. The highest BCUT2D eigenvalue weighted by atomic mass is 16.1. The number of fused-ring (bicyclic) bond motifs is 3. The van der Waals surface area contributed by atoms with Crippen LogP contribution < -0.4 is 16.2 Å². The number of amides is 1. The van der Waals surface area contributed by atoms with Gasteiger partial charge in [-0.25, -0.2) is 0 Å². The van der Waals surface area contributed by atoms with Crippen LogP contribution in [0.15, 0.2) is 47.3 Å². The van der Waals surface area contributed by atoms with E-state index in [0.29, 0.717) is 29.1 Å². The van der Waals surface area contributed by atoms with E-state index in [4.69, 9.17) is 0 Å². The van der Waals surface area contributed by atoms with Crippen molar-refractivity contribution in [2.75, 3.05) is 12.4 Å². The second kappa shape index (κ2) is 6.80. The zero-order chi connectivity index (χ0) is 19.8. The summed E-state index contributed by atoms with van der Waals surface area (Å²) in [6.07, 6.45) is 0. The first-order chi connectivity index (χ1) is 13.5. The summed E-state index contributed by atoms with van der Waals surface area (Å²) in [5.74, 6) is 1.03. The molecular formula is C20H20N6O2. The molecule has 0 aliphatic carbocycles. The van der Waals surface area contributed by atoms with Crippen LogP contribution in [0.4, 0.5) is 5.69 Å². The van der Waals surface area contributed by atoms with Crippen LogP contribution in [0.1, 0.15) is 21.7 Å². The average Bonchev–Trinajstić information content (AvgIpc) is 3.15. The first-order valence-corrected chi connectivity index (χ1v) is 8.90. The van der Waals surface area contributed by atoms with Crippen molar-refractivity contribution >= 4 is 28.3 Å². The van der Waals surface area contributed by atoms with Gasteiger partial charge in [0.05, 0.1) is 17.4 Å². The van der Waals surface area contributed by atoms with Crippen molar-refractivity contribution in [1.82, 2.24) is 24.5 Å². The molecule has 4 rings (SSSR count). The van der Waals surface area contributed by atoms with Crippen LogP contribution in [0.3, 0.4) is 0 Å². The topological polar surface area (TPSA) is 93.3 Å². The van der Waals surface area contributed by atoms with Crippen LogP contribution >= 0.6 is 0 Å². The second-order valence-electron chi connectivity index (χ2n) is 6.54. The predicted molar refractivity (Wildman–Crippen MR) is 108 cm³/mol. The molecule has 1 amide bonds. The molecule has 0 atom stereocenters. The number of carbonyl (C=O) groups is 1. The van der Waals surface area contributed by atoms with Gasteiger partial charge in [0.1, 0.15) is 0 Å². The summed E-state index contributed by atoms with van der Waals surface area (Å²) in [4.78, 5) is 24.5. The molecule has 2 aromatic carbocycles. The lowest BCUT2D eigenvalue weighted by molar-refractivity contribution is 0.0962. The lowest BCUT2D eigenvalue weighted by Crippen LogP contribution is -2.21. The Hall–Kier alpha value is -3.68. The van der Waals surface area contributed by atoms with E-state index in [1.165, 1.54) is 4.57 Å². The van der Waals surface area contributed by atoms with Gasteiger partial charge in [-0.3, -0.25) is 18.6 Å². The number of rotatable bonds is 4. The fourth-order valence-electron chi connectivity index (χ4n) is 3.39. The maximum atomic E-state index is 12.5. The van der Waals surface area contributed by atoms with Crippen molar-refractivity contribution in [3.05, 3.63) is 69.8 Å². The molecule has 0 aliphatic rings. The molecule has 28 heavy (non-hydrogen) atoms. The summed E-state index contributed by atoms with van der Waals surface area (Å²) in [6, 6.07) is 12.9. The van der Waals surface area contributed by atoms with E-state index in [2.05, 4.69) is 20.8 Å². The highest BCUT2D eigenvalue weighted by Crippen LogP contribution is 2.20. The number of aromatic nitrogens is 4. The monoisotopic (exact) mass is 376 g/mol. The molecule has 0 saturated carbocycles. The summed E-state index contributed by atoms with van der Waals surface area (Å²) < 4.78 is 3.37. The molecule has 0 bridgehead atoms. The van der Waals surface area contributed by atoms with E-state index in [1.807, 2.05) is 41.7 Å². The number of nitrogens with one attached hydrogen (secondary N) is 2. The van der Waals surface area contributed by atoms with Crippen LogP contribution in [0, 0.1) is 6.92 Å². The molecule has 2 aromatic heterocycles. The quantitative estimate of drug-likeness (QED) is 0.567. The normalized spacial score (nSPS) is 11.1. The van der Waals surface area contributed by atoms with Crippen molar-refractivity contribution in [1.29, 1.82) is 0 Å². The molecule has 8 heteroatoms. The minimum atomic E-state index is -0.130. The van der Waals surface area contributed by atoms with Crippen LogP contribution in [-0.4, -0.2) is 32.1 Å². The Morgan fingerprint density at radius 2 is 1.89 bits per heavy atom. The van der Waals surface area contributed by atoms with Crippen molar-refractivity contribution in [2.45, 2.75) is 13.5 Å². The zero-order valence-corrected chi connectivity index (χ0v) is 15.9. The summed E-state index contributed by atoms with van der Waals surface area (Å²) in [5, 5.41) is 15.1. The molecule has 4 aromatic rings. The van der Waals surface area contributed by atoms with Crippen LogP contribution in [-0.2, 0) is 13.6 Å². The minimum absolute atomic E-state index is 0.107. The molecule has 0 saturated heterocycles. The molecule has 0 aliphatic heterocycles. The van der Waals surface area contributed by atoms with E-state index >= 15 is 0 Å². The third-order valence-electron chi connectivity index (χ3n) is 4.94. The van der Waals surface area contributed by atoms with Crippen molar-refractivity contribution in [3.8, 4) is 0 Å². The first-order valence-electron chi connectivity index (χ1n) is 8.90. The van der Waals surface area contributed by atoms with E-state index in [9.17, 15) is 9.59 Å². The van der Waals surface area contributed by atoms with Crippen LogP contribution in [0.2, 0.25) is 0 Å². The van der Waals surface area contributed by atoms with Crippen molar-refractivity contribution in [2.24, 2.45) is 7.05 Å². The zero-order valence-electron chi connectivity index (χ0n) is 15.9. The summed E-state index contributed by atoms with van der Waals surface area (Å²) >= 11 is 0. The molecule has 8 nitrogen and oxygen atoms in total.